The Kier molecular flexibility index (Phi) is 7.72. The normalized spacial score (nSPS) is 21.2. The van der Waals surface area contributed by atoms with Gasteiger partial charge in [0.25, 0.3) is 0 Å². The molecule has 0 spiro atoms. The van der Waals surface area contributed by atoms with Gasteiger partial charge in [-0.2, -0.15) is 0 Å². The zero-order valence-corrected chi connectivity index (χ0v) is 20.0. The highest BCUT2D eigenvalue weighted by molar-refractivity contribution is 6.24. The molecule has 0 aromatic rings. The van der Waals surface area contributed by atoms with E-state index in [0.29, 0.717) is 12.8 Å². The lowest BCUT2D eigenvalue weighted by molar-refractivity contribution is -0.127. The van der Waals surface area contributed by atoms with Crippen molar-refractivity contribution in [3.8, 4) is 0 Å². The van der Waals surface area contributed by atoms with Crippen molar-refractivity contribution in [2.45, 2.75) is 66.7 Å². The summed E-state index contributed by atoms with van der Waals surface area (Å²) in [4.78, 5) is 51.2. The van der Waals surface area contributed by atoms with E-state index >= 15 is 0 Å². The predicted octanol–water partition coefficient (Wildman–Crippen LogP) is 4.28. The third kappa shape index (κ3) is 4.38. The Morgan fingerprint density at radius 1 is 0.909 bits per heavy atom. The van der Waals surface area contributed by atoms with Crippen LogP contribution < -0.4 is 0 Å². The Labute approximate surface area is 193 Å². The van der Waals surface area contributed by atoms with Crippen molar-refractivity contribution in [1.82, 2.24) is 0 Å². The van der Waals surface area contributed by atoms with Gasteiger partial charge in [0.1, 0.15) is 28.6 Å². The minimum absolute atomic E-state index is 0.0226. The van der Waals surface area contributed by atoms with Gasteiger partial charge >= 0.3 is 0 Å². The molecule has 0 saturated heterocycles. The molecule has 0 saturated carbocycles. The van der Waals surface area contributed by atoms with Crippen molar-refractivity contribution < 1.29 is 39.2 Å². The maximum Gasteiger partial charge on any atom is 0.183 e. The third-order valence-corrected chi connectivity index (χ3v) is 6.13. The van der Waals surface area contributed by atoms with E-state index in [0.717, 1.165) is 0 Å². The molecule has 0 aromatic heterocycles. The first-order valence-corrected chi connectivity index (χ1v) is 11.1. The van der Waals surface area contributed by atoms with Crippen LogP contribution in [0.4, 0.5) is 0 Å². The number of ketones is 4. The molecule has 8 heteroatoms. The number of carbonyl (C=O) groups excluding carboxylic acids is 4. The van der Waals surface area contributed by atoms with Gasteiger partial charge in [-0.3, -0.25) is 19.2 Å². The number of carbonyl (C=O) groups is 4. The molecule has 2 aliphatic carbocycles. The summed E-state index contributed by atoms with van der Waals surface area (Å²) in [7, 11) is 1.31. The number of aliphatic hydroxyl groups is 3. The van der Waals surface area contributed by atoms with Gasteiger partial charge in [0.15, 0.2) is 23.1 Å². The van der Waals surface area contributed by atoms with Gasteiger partial charge in [-0.15, -0.1) is 0 Å². The van der Waals surface area contributed by atoms with Crippen LogP contribution in [0.5, 0.6) is 0 Å². The van der Waals surface area contributed by atoms with E-state index < -0.39 is 63.7 Å². The standard InChI is InChI=1S/C25H32O8/c1-7-9-15(26)17-20(29)13(19(28)12(3)22(17)33-6)11-14-21(30)18(16(27)10-8-2)24(32)25(4,5)23(14)31/h12,29-31H,7-11H2,1-6H3. The molecule has 0 bridgehead atoms. The second-order valence-corrected chi connectivity index (χ2v) is 8.88. The average Bonchev–Trinajstić information content (AvgIpc) is 2.75. The van der Waals surface area contributed by atoms with E-state index in [1.165, 1.54) is 27.9 Å². The zero-order chi connectivity index (χ0) is 25.2. The maximum absolute atomic E-state index is 13.1. The van der Waals surface area contributed by atoms with Crippen molar-refractivity contribution in [2.24, 2.45) is 11.3 Å². The van der Waals surface area contributed by atoms with Gasteiger partial charge in [0, 0.05) is 30.4 Å². The van der Waals surface area contributed by atoms with E-state index in [4.69, 9.17) is 4.74 Å². The Hall–Kier alpha value is -3.16. The van der Waals surface area contributed by atoms with Crippen LogP contribution in [0.3, 0.4) is 0 Å². The number of ether oxygens (including phenoxy) is 1. The smallest absolute Gasteiger partial charge is 0.183 e. The molecule has 0 heterocycles. The number of Topliss-reactive ketones (excluding diaryl/α,β-unsaturated/α-hetero) is 4. The molecular formula is C25H32O8. The highest BCUT2D eigenvalue weighted by Gasteiger charge is 2.46. The Bertz CT molecular complexity index is 1030. The summed E-state index contributed by atoms with van der Waals surface area (Å²) in [6.45, 7) is 7.90. The van der Waals surface area contributed by atoms with Crippen molar-refractivity contribution in [2.75, 3.05) is 7.11 Å². The molecular weight excluding hydrogens is 428 g/mol. The van der Waals surface area contributed by atoms with Crippen LogP contribution in [0.15, 0.2) is 45.3 Å². The van der Waals surface area contributed by atoms with Crippen LogP contribution in [-0.4, -0.2) is 45.6 Å². The first-order valence-electron chi connectivity index (χ1n) is 11.1. The van der Waals surface area contributed by atoms with Crippen LogP contribution in [-0.2, 0) is 23.9 Å². The number of hydrogen-bond donors (Lipinski definition) is 3. The summed E-state index contributed by atoms with van der Waals surface area (Å²) in [5.41, 5.74) is -2.47. The molecule has 1 atom stereocenters. The second kappa shape index (κ2) is 9.77. The quantitative estimate of drug-likeness (QED) is 0.433. The lowest BCUT2D eigenvalue weighted by Gasteiger charge is -2.32. The third-order valence-electron chi connectivity index (χ3n) is 6.13. The molecule has 0 amide bonds. The number of aliphatic hydroxyl groups excluding tert-OH is 3. The first-order chi connectivity index (χ1) is 15.4. The molecule has 2 rings (SSSR count). The number of hydrogen-bond acceptors (Lipinski definition) is 8. The molecule has 8 nitrogen and oxygen atoms in total. The van der Waals surface area contributed by atoms with Crippen LogP contribution in [0.2, 0.25) is 0 Å². The predicted molar refractivity (Wildman–Crippen MR) is 120 cm³/mol. The van der Waals surface area contributed by atoms with E-state index in [1.54, 1.807) is 13.8 Å². The average molecular weight is 461 g/mol. The molecule has 3 N–H and O–H groups in total. The lowest BCUT2D eigenvalue weighted by atomic mass is 9.72. The summed E-state index contributed by atoms with van der Waals surface area (Å²) in [5, 5.41) is 32.6. The minimum atomic E-state index is -1.52. The number of rotatable bonds is 9. The summed E-state index contributed by atoms with van der Waals surface area (Å²) < 4.78 is 5.26. The SMILES string of the molecule is CCCC(=O)C1=C(O)C(CC2=C(O)C(C(=O)CCC)=C(OC)C(C)C2=O)=C(O)C(C)(C)C1=O. The van der Waals surface area contributed by atoms with Crippen LogP contribution in [0.1, 0.15) is 66.7 Å². The number of allylic oxidation sites excluding steroid dienone is 6. The largest absolute Gasteiger partial charge is 0.511 e. The van der Waals surface area contributed by atoms with Crippen LogP contribution >= 0.6 is 0 Å². The van der Waals surface area contributed by atoms with Gasteiger partial charge in [-0.25, -0.2) is 0 Å². The fraction of sp³-hybridized carbons (Fsp3) is 0.520. The molecule has 0 fully saturated rings. The van der Waals surface area contributed by atoms with Crippen LogP contribution in [0, 0.1) is 11.3 Å². The van der Waals surface area contributed by atoms with Crippen molar-refractivity contribution in [3.05, 3.63) is 45.3 Å². The Morgan fingerprint density at radius 3 is 1.91 bits per heavy atom. The highest BCUT2D eigenvalue weighted by atomic mass is 16.5. The zero-order valence-electron chi connectivity index (χ0n) is 20.0. The van der Waals surface area contributed by atoms with Crippen molar-refractivity contribution >= 4 is 23.1 Å². The van der Waals surface area contributed by atoms with Crippen LogP contribution in [0.25, 0.3) is 0 Å². The highest BCUT2D eigenvalue weighted by Crippen LogP contribution is 2.43. The molecule has 33 heavy (non-hydrogen) atoms. The summed E-state index contributed by atoms with van der Waals surface area (Å²) >= 11 is 0. The van der Waals surface area contributed by atoms with Gasteiger partial charge in [0.2, 0.25) is 0 Å². The summed E-state index contributed by atoms with van der Waals surface area (Å²) in [6.07, 6.45) is 0.639. The fourth-order valence-corrected chi connectivity index (χ4v) is 4.18. The van der Waals surface area contributed by atoms with E-state index in [1.807, 2.05) is 0 Å². The van der Waals surface area contributed by atoms with Crippen molar-refractivity contribution in [1.29, 1.82) is 0 Å². The van der Waals surface area contributed by atoms with E-state index in [-0.39, 0.29) is 35.3 Å². The Balaban J connectivity index is 2.73. The minimum Gasteiger partial charge on any atom is -0.511 e. The van der Waals surface area contributed by atoms with Gasteiger partial charge in [0.05, 0.1) is 24.0 Å². The van der Waals surface area contributed by atoms with Gasteiger partial charge in [-0.05, 0) is 33.6 Å². The lowest BCUT2D eigenvalue weighted by Crippen LogP contribution is -2.37. The summed E-state index contributed by atoms with van der Waals surface area (Å²) in [5.74, 6) is -4.87. The monoisotopic (exact) mass is 460 g/mol. The van der Waals surface area contributed by atoms with Gasteiger partial charge < -0.3 is 20.1 Å². The molecule has 0 aromatic carbocycles. The maximum atomic E-state index is 13.1. The van der Waals surface area contributed by atoms with E-state index in [2.05, 4.69) is 0 Å². The molecule has 0 radical (unpaired) electrons. The molecule has 0 aliphatic heterocycles. The second-order valence-electron chi connectivity index (χ2n) is 8.88. The van der Waals surface area contributed by atoms with E-state index in [9.17, 15) is 34.5 Å². The fourth-order valence-electron chi connectivity index (χ4n) is 4.18. The summed E-state index contributed by atoms with van der Waals surface area (Å²) in [6, 6.07) is 0. The molecule has 180 valence electrons. The molecule has 2 aliphatic rings. The Morgan fingerprint density at radius 2 is 1.42 bits per heavy atom. The molecule has 1 unspecified atom stereocenters. The number of methoxy groups -OCH3 is 1. The van der Waals surface area contributed by atoms with Gasteiger partial charge in [-0.1, -0.05) is 13.8 Å². The topological polar surface area (TPSA) is 138 Å². The van der Waals surface area contributed by atoms with Crippen molar-refractivity contribution in [3.63, 3.8) is 0 Å². The first kappa shape index (κ1) is 26.1.